The highest BCUT2D eigenvalue weighted by Gasteiger charge is 2.31. The summed E-state index contributed by atoms with van der Waals surface area (Å²) in [7, 11) is 0. The third-order valence-electron chi connectivity index (χ3n) is 5.07. The Hall–Kier alpha value is -4.38. The fourth-order valence-corrected chi connectivity index (χ4v) is 3.46. The molecule has 0 spiro atoms. The number of esters is 1. The van der Waals surface area contributed by atoms with Crippen molar-refractivity contribution in [3.8, 4) is 23.3 Å². The number of hydrogen-bond donors (Lipinski definition) is 1. The van der Waals surface area contributed by atoms with E-state index in [1.54, 1.807) is 24.3 Å². The lowest BCUT2D eigenvalue weighted by Crippen LogP contribution is -2.28. The van der Waals surface area contributed by atoms with Gasteiger partial charge in [-0.05, 0) is 55.0 Å². The first-order valence-corrected chi connectivity index (χ1v) is 9.96. The Morgan fingerprint density at radius 3 is 2.27 bits per heavy atom. The minimum Gasteiger partial charge on any atom is -0.479 e. The van der Waals surface area contributed by atoms with Crippen molar-refractivity contribution >= 4 is 5.97 Å². The average Bonchev–Trinajstić information content (AvgIpc) is 2.80. The minimum atomic E-state index is -0.963. The zero-order valence-corrected chi connectivity index (χ0v) is 17.4. The van der Waals surface area contributed by atoms with Crippen LogP contribution in [0, 0.1) is 23.0 Å². The third kappa shape index (κ3) is 4.62. The normalized spacial score (nSPS) is 15.6. The standard InChI is InChI=1S/C25H18F2N2O4/c1-14(31-18-8-6-17(27)7-9-18)25(30)32-19-10-11-20-22(12-19)33-24(29)21(13-28)23(20)15-2-4-16(26)5-3-15/h2-12,14,23H,29H2,1H3. The molecule has 1 aliphatic heterocycles. The van der Waals surface area contributed by atoms with Gasteiger partial charge in [-0.15, -0.1) is 0 Å². The molecule has 0 saturated carbocycles. The van der Waals surface area contributed by atoms with Crippen molar-refractivity contribution in [3.63, 3.8) is 0 Å². The van der Waals surface area contributed by atoms with Crippen molar-refractivity contribution < 1.29 is 27.8 Å². The molecule has 3 aromatic rings. The Labute approximate surface area is 188 Å². The van der Waals surface area contributed by atoms with Gasteiger partial charge < -0.3 is 19.9 Å². The predicted molar refractivity (Wildman–Crippen MR) is 114 cm³/mol. The van der Waals surface area contributed by atoms with Gasteiger partial charge in [0.15, 0.2) is 6.10 Å². The zero-order chi connectivity index (χ0) is 23.5. The molecular weight excluding hydrogens is 430 g/mol. The van der Waals surface area contributed by atoms with Gasteiger partial charge in [0.05, 0.1) is 5.92 Å². The maximum atomic E-state index is 13.4. The highest BCUT2D eigenvalue weighted by atomic mass is 19.1. The molecule has 2 unspecified atom stereocenters. The Bertz CT molecular complexity index is 1270. The van der Waals surface area contributed by atoms with Gasteiger partial charge in [0.1, 0.15) is 40.5 Å². The highest BCUT2D eigenvalue weighted by Crippen LogP contribution is 2.43. The van der Waals surface area contributed by atoms with Crippen LogP contribution >= 0.6 is 0 Å². The van der Waals surface area contributed by atoms with E-state index < -0.39 is 29.6 Å². The molecule has 2 N–H and O–H groups in total. The second-order valence-corrected chi connectivity index (χ2v) is 7.31. The lowest BCUT2D eigenvalue weighted by Gasteiger charge is -2.26. The Morgan fingerprint density at radius 2 is 1.64 bits per heavy atom. The minimum absolute atomic E-state index is 0.0872. The van der Waals surface area contributed by atoms with Crippen LogP contribution in [0.5, 0.6) is 17.2 Å². The van der Waals surface area contributed by atoms with Crippen LogP contribution in [-0.4, -0.2) is 12.1 Å². The van der Waals surface area contributed by atoms with Gasteiger partial charge in [-0.25, -0.2) is 13.6 Å². The molecule has 0 bridgehead atoms. The first-order chi connectivity index (χ1) is 15.9. The number of nitrogens with zero attached hydrogens (tertiary/aromatic N) is 1. The quantitative estimate of drug-likeness (QED) is 0.454. The molecule has 2 atom stereocenters. The van der Waals surface area contributed by atoms with E-state index in [4.69, 9.17) is 19.9 Å². The van der Waals surface area contributed by atoms with Crippen molar-refractivity contribution in [2.24, 2.45) is 5.73 Å². The van der Waals surface area contributed by atoms with Gasteiger partial charge in [-0.2, -0.15) is 5.26 Å². The summed E-state index contributed by atoms with van der Waals surface area (Å²) in [6.45, 7) is 1.51. The fraction of sp³-hybridized carbons (Fsp3) is 0.120. The van der Waals surface area contributed by atoms with Crippen molar-refractivity contribution in [3.05, 3.63) is 101 Å². The van der Waals surface area contributed by atoms with Crippen LogP contribution in [0.4, 0.5) is 8.78 Å². The fourth-order valence-electron chi connectivity index (χ4n) is 3.46. The summed E-state index contributed by atoms with van der Waals surface area (Å²) >= 11 is 0. The SMILES string of the molecule is CC(Oc1ccc(F)cc1)C(=O)Oc1ccc2c(c1)OC(N)=C(C#N)C2c1ccc(F)cc1. The van der Waals surface area contributed by atoms with Gasteiger partial charge in [0.2, 0.25) is 5.88 Å². The molecule has 1 aliphatic rings. The molecule has 6 nitrogen and oxygen atoms in total. The first-order valence-electron chi connectivity index (χ1n) is 9.96. The first kappa shape index (κ1) is 21.8. The monoisotopic (exact) mass is 448 g/mol. The van der Waals surface area contributed by atoms with Crippen LogP contribution in [0.15, 0.2) is 78.2 Å². The van der Waals surface area contributed by atoms with Crippen molar-refractivity contribution in [1.29, 1.82) is 5.26 Å². The molecule has 3 aromatic carbocycles. The Morgan fingerprint density at radius 1 is 1.03 bits per heavy atom. The van der Waals surface area contributed by atoms with Gasteiger partial charge in [0, 0.05) is 11.6 Å². The van der Waals surface area contributed by atoms with Crippen LogP contribution in [0.25, 0.3) is 0 Å². The number of benzene rings is 3. The maximum Gasteiger partial charge on any atom is 0.352 e. The molecule has 0 radical (unpaired) electrons. The van der Waals surface area contributed by atoms with Crippen molar-refractivity contribution in [1.82, 2.24) is 0 Å². The molecular formula is C25H18F2N2O4. The summed E-state index contributed by atoms with van der Waals surface area (Å²) in [4.78, 5) is 12.5. The van der Waals surface area contributed by atoms with E-state index in [-0.39, 0.29) is 17.2 Å². The summed E-state index contributed by atoms with van der Waals surface area (Å²) in [6.07, 6.45) is -0.963. The molecule has 4 rings (SSSR count). The molecule has 0 amide bonds. The van der Waals surface area contributed by atoms with E-state index in [9.17, 15) is 18.8 Å². The summed E-state index contributed by atoms with van der Waals surface area (Å²) in [5.74, 6) is -1.34. The second kappa shape index (κ2) is 9.01. The van der Waals surface area contributed by atoms with E-state index in [1.165, 1.54) is 49.4 Å². The maximum absolute atomic E-state index is 13.4. The molecule has 0 saturated heterocycles. The second-order valence-electron chi connectivity index (χ2n) is 7.31. The number of hydrogen-bond acceptors (Lipinski definition) is 6. The molecule has 8 heteroatoms. The molecule has 166 valence electrons. The summed E-state index contributed by atoms with van der Waals surface area (Å²) in [5.41, 5.74) is 7.43. The molecule has 0 fully saturated rings. The number of carbonyl (C=O) groups is 1. The van der Waals surface area contributed by atoms with Gasteiger partial charge in [-0.1, -0.05) is 18.2 Å². The topological polar surface area (TPSA) is 94.6 Å². The Balaban J connectivity index is 1.56. The lowest BCUT2D eigenvalue weighted by atomic mass is 9.83. The predicted octanol–water partition coefficient (Wildman–Crippen LogP) is 4.56. The molecule has 0 aromatic heterocycles. The van der Waals surface area contributed by atoms with Crippen LogP contribution in [-0.2, 0) is 4.79 Å². The van der Waals surface area contributed by atoms with E-state index in [0.717, 1.165) is 0 Å². The summed E-state index contributed by atoms with van der Waals surface area (Å²) in [5, 5.41) is 9.60. The van der Waals surface area contributed by atoms with E-state index in [2.05, 4.69) is 6.07 Å². The van der Waals surface area contributed by atoms with Gasteiger partial charge in [0.25, 0.3) is 0 Å². The third-order valence-corrected chi connectivity index (χ3v) is 5.07. The van der Waals surface area contributed by atoms with Crippen molar-refractivity contribution in [2.45, 2.75) is 18.9 Å². The van der Waals surface area contributed by atoms with Gasteiger partial charge in [-0.3, -0.25) is 0 Å². The average molecular weight is 448 g/mol. The number of allylic oxidation sites excluding steroid dienone is 1. The van der Waals surface area contributed by atoms with Gasteiger partial charge >= 0.3 is 5.97 Å². The molecule has 33 heavy (non-hydrogen) atoms. The molecule has 1 heterocycles. The molecule has 0 aliphatic carbocycles. The number of carbonyl (C=O) groups excluding carboxylic acids is 1. The van der Waals surface area contributed by atoms with Crippen LogP contribution in [0.2, 0.25) is 0 Å². The number of nitrogens with two attached hydrogens (primary N) is 1. The van der Waals surface area contributed by atoms with Crippen LogP contribution < -0.4 is 19.9 Å². The zero-order valence-electron chi connectivity index (χ0n) is 17.4. The summed E-state index contributed by atoms with van der Waals surface area (Å²) < 4.78 is 42.9. The number of rotatable bonds is 5. The smallest absolute Gasteiger partial charge is 0.352 e. The van der Waals surface area contributed by atoms with Crippen molar-refractivity contribution in [2.75, 3.05) is 0 Å². The van der Waals surface area contributed by atoms with Crippen LogP contribution in [0.1, 0.15) is 24.0 Å². The lowest BCUT2D eigenvalue weighted by molar-refractivity contribution is -0.141. The Kier molecular flexibility index (Phi) is 5.96. The highest BCUT2D eigenvalue weighted by molar-refractivity contribution is 5.77. The summed E-state index contributed by atoms with van der Waals surface area (Å²) in [6, 6.07) is 17.7. The number of halogens is 2. The number of fused-ring (bicyclic) bond motifs is 1. The number of ether oxygens (including phenoxy) is 3. The largest absolute Gasteiger partial charge is 0.479 e. The van der Waals surface area contributed by atoms with Crippen LogP contribution in [0.3, 0.4) is 0 Å². The van der Waals surface area contributed by atoms with E-state index >= 15 is 0 Å². The number of nitriles is 1. The van der Waals surface area contributed by atoms with E-state index in [1.807, 2.05) is 0 Å². The van der Waals surface area contributed by atoms with E-state index in [0.29, 0.717) is 22.6 Å².